The number of para-hydroxylation sites is 2. The molecule has 0 radical (unpaired) electrons. The average molecular weight is 390 g/mol. The average Bonchev–Trinajstić information content (AvgIpc) is 3.22. The molecule has 0 saturated carbocycles. The van der Waals surface area contributed by atoms with Crippen LogP contribution in [-0.4, -0.2) is 27.9 Å². The zero-order chi connectivity index (χ0) is 20.4. The van der Waals surface area contributed by atoms with Crippen molar-refractivity contribution in [3.63, 3.8) is 0 Å². The molecule has 1 aromatic heterocycles. The summed E-state index contributed by atoms with van der Waals surface area (Å²) >= 11 is 0. The van der Waals surface area contributed by atoms with Crippen LogP contribution in [0.5, 0.6) is 0 Å². The Balaban J connectivity index is 1.59. The zero-order valence-corrected chi connectivity index (χ0v) is 16.9. The van der Waals surface area contributed by atoms with Gasteiger partial charge in [-0.3, -0.25) is 19.1 Å². The van der Waals surface area contributed by atoms with Crippen LogP contribution >= 0.6 is 0 Å². The highest BCUT2D eigenvalue weighted by atomic mass is 16.2. The van der Waals surface area contributed by atoms with Crippen LogP contribution in [0.4, 0.5) is 11.6 Å². The number of amides is 2. The first-order valence-corrected chi connectivity index (χ1v) is 10.3. The second kappa shape index (κ2) is 8.07. The standard InChI is InChI=1S/C23H26N4O2/c1-3-5-14-26-22(29)20(27-19-9-7-6-8-18(19)25-23(26)27)15-21(28)24-17-12-10-16(4-2)11-13-17/h6-13,20H,3-5,14-15H2,1-2H3,(H,24,28). The monoisotopic (exact) mass is 390 g/mol. The Morgan fingerprint density at radius 3 is 2.59 bits per heavy atom. The van der Waals surface area contributed by atoms with E-state index in [2.05, 4.69) is 24.1 Å². The molecule has 1 unspecified atom stereocenters. The van der Waals surface area contributed by atoms with Gasteiger partial charge in [0.1, 0.15) is 6.04 Å². The molecule has 0 aliphatic carbocycles. The Kier molecular flexibility index (Phi) is 5.34. The van der Waals surface area contributed by atoms with Crippen molar-refractivity contribution in [2.24, 2.45) is 0 Å². The molecule has 0 fully saturated rings. The van der Waals surface area contributed by atoms with Crippen LogP contribution in [-0.2, 0) is 16.0 Å². The van der Waals surface area contributed by atoms with Crippen molar-refractivity contribution in [1.29, 1.82) is 0 Å². The minimum Gasteiger partial charge on any atom is -0.326 e. The van der Waals surface area contributed by atoms with Gasteiger partial charge < -0.3 is 5.32 Å². The lowest BCUT2D eigenvalue weighted by Crippen LogP contribution is -2.32. The van der Waals surface area contributed by atoms with Gasteiger partial charge >= 0.3 is 0 Å². The van der Waals surface area contributed by atoms with E-state index in [0.717, 1.165) is 36.0 Å². The Morgan fingerprint density at radius 2 is 1.86 bits per heavy atom. The molecule has 6 nitrogen and oxygen atoms in total. The van der Waals surface area contributed by atoms with Crippen molar-refractivity contribution in [2.45, 2.75) is 45.6 Å². The van der Waals surface area contributed by atoms with E-state index >= 15 is 0 Å². The number of aromatic nitrogens is 2. The molecule has 2 amide bonds. The van der Waals surface area contributed by atoms with Gasteiger partial charge in [0.05, 0.1) is 17.5 Å². The van der Waals surface area contributed by atoms with E-state index in [0.29, 0.717) is 12.5 Å². The number of hydrogen-bond acceptors (Lipinski definition) is 3. The van der Waals surface area contributed by atoms with Crippen molar-refractivity contribution in [2.75, 3.05) is 16.8 Å². The summed E-state index contributed by atoms with van der Waals surface area (Å²) < 4.78 is 1.92. The molecule has 1 N–H and O–H groups in total. The van der Waals surface area contributed by atoms with E-state index in [1.54, 1.807) is 4.90 Å². The zero-order valence-electron chi connectivity index (χ0n) is 16.9. The predicted octanol–water partition coefficient (Wildman–Crippen LogP) is 4.32. The molecule has 2 aromatic carbocycles. The maximum absolute atomic E-state index is 13.1. The summed E-state index contributed by atoms with van der Waals surface area (Å²) in [6.07, 6.45) is 2.93. The maximum Gasteiger partial charge on any atom is 0.253 e. The van der Waals surface area contributed by atoms with Crippen molar-refractivity contribution >= 4 is 34.5 Å². The van der Waals surface area contributed by atoms with Crippen molar-refractivity contribution < 1.29 is 9.59 Å². The number of nitrogens with zero attached hydrogens (tertiary/aromatic N) is 3. The van der Waals surface area contributed by atoms with E-state index in [9.17, 15) is 9.59 Å². The molecule has 29 heavy (non-hydrogen) atoms. The van der Waals surface area contributed by atoms with E-state index in [1.807, 2.05) is 53.1 Å². The molecule has 2 heterocycles. The Labute approximate surface area is 170 Å². The van der Waals surface area contributed by atoms with Crippen LogP contribution in [0.25, 0.3) is 11.0 Å². The summed E-state index contributed by atoms with van der Waals surface area (Å²) in [5, 5.41) is 2.93. The Hall–Kier alpha value is -3.15. The number of carbonyl (C=O) groups excluding carboxylic acids is 2. The van der Waals surface area contributed by atoms with Crippen LogP contribution in [0, 0.1) is 0 Å². The van der Waals surface area contributed by atoms with Gasteiger partial charge in [0, 0.05) is 12.2 Å². The molecule has 0 bridgehead atoms. The van der Waals surface area contributed by atoms with E-state index < -0.39 is 6.04 Å². The van der Waals surface area contributed by atoms with Crippen molar-refractivity contribution in [3.05, 3.63) is 54.1 Å². The lowest BCUT2D eigenvalue weighted by molar-refractivity contribution is -0.124. The summed E-state index contributed by atoms with van der Waals surface area (Å²) in [6.45, 7) is 4.81. The molecule has 1 atom stereocenters. The fraction of sp³-hybridized carbons (Fsp3) is 0.348. The molecule has 0 saturated heterocycles. The number of anilines is 2. The van der Waals surface area contributed by atoms with Crippen LogP contribution in [0.2, 0.25) is 0 Å². The minimum atomic E-state index is -0.566. The number of hydrogen-bond donors (Lipinski definition) is 1. The van der Waals surface area contributed by atoms with Crippen molar-refractivity contribution in [1.82, 2.24) is 9.55 Å². The smallest absolute Gasteiger partial charge is 0.253 e. The van der Waals surface area contributed by atoms with E-state index in [-0.39, 0.29) is 18.2 Å². The first-order valence-electron chi connectivity index (χ1n) is 10.3. The van der Waals surface area contributed by atoms with Crippen LogP contribution in [0.15, 0.2) is 48.5 Å². The topological polar surface area (TPSA) is 67.2 Å². The quantitative estimate of drug-likeness (QED) is 0.653. The van der Waals surface area contributed by atoms with Crippen LogP contribution < -0.4 is 10.2 Å². The van der Waals surface area contributed by atoms with Gasteiger partial charge in [-0.2, -0.15) is 0 Å². The van der Waals surface area contributed by atoms with Gasteiger partial charge in [-0.25, -0.2) is 4.98 Å². The number of carbonyl (C=O) groups is 2. The molecule has 4 rings (SSSR count). The number of fused-ring (bicyclic) bond motifs is 3. The lowest BCUT2D eigenvalue weighted by Gasteiger charge is -2.15. The van der Waals surface area contributed by atoms with Crippen LogP contribution in [0.3, 0.4) is 0 Å². The number of benzene rings is 2. The molecular formula is C23H26N4O2. The second-order valence-electron chi connectivity index (χ2n) is 7.43. The first kappa shape index (κ1) is 19.2. The third kappa shape index (κ3) is 3.62. The molecule has 1 aliphatic heterocycles. The third-order valence-corrected chi connectivity index (χ3v) is 5.44. The number of rotatable bonds is 7. The highest BCUT2D eigenvalue weighted by molar-refractivity contribution is 6.05. The summed E-state index contributed by atoms with van der Waals surface area (Å²) in [4.78, 5) is 32.3. The van der Waals surface area contributed by atoms with E-state index in [4.69, 9.17) is 0 Å². The highest BCUT2D eigenvalue weighted by Crippen LogP contribution is 2.36. The third-order valence-electron chi connectivity index (χ3n) is 5.44. The molecule has 150 valence electrons. The summed E-state index contributed by atoms with van der Waals surface area (Å²) in [7, 11) is 0. The molecule has 0 spiro atoms. The Morgan fingerprint density at radius 1 is 1.10 bits per heavy atom. The summed E-state index contributed by atoms with van der Waals surface area (Å²) in [5.41, 5.74) is 3.70. The number of nitrogens with one attached hydrogen (secondary N) is 1. The fourth-order valence-corrected chi connectivity index (χ4v) is 3.83. The molecule has 3 aromatic rings. The number of imidazole rings is 1. The maximum atomic E-state index is 13.1. The Bertz CT molecular complexity index is 1040. The second-order valence-corrected chi connectivity index (χ2v) is 7.43. The number of unbranched alkanes of at least 4 members (excludes halogenated alkanes) is 1. The fourth-order valence-electron chi connectivity index (χ4n) is 3.83. The molecule has 1 aliphatic rings. The first-order chi connectivity index (χ1) is 14.1. The van der Waals surface area contributed by atoms with E-state index in [1.165, 1.54) is 5.56 Å². The van der Waals surface area contributed by atoms with Gasteiger partial charge in [-0.05, 0) is 42.7 Å². The molecular weight excluding hydrogens is 364 g/mol. The van der Waals surface area contributed by atoms with Gasteiger partial charge in [-0.1, -0.05) is 44.5 Å². The number of aryl methyl sites for hydroxylation is 1. The molecule has 6 heteroatoms. The normalized spacial score (nSPS) is 15.7. The SMILES string of the molecule is CCCCN1C(=O)C(CC(=O)Nc2ccc(CC)cc2)n2c1nc1ccccc12. The van der Waals surface area contributed by atoms with Crippen LogP contribution in [0.1, 0.15) is 44.7 Å². The predicted molar refractivity (Wildman–Crippen MR) is 115 cm³/mol. The van der Waals surface area contributed by atoms with Gasteiger partial charge in [-0.15, -0.1) is 0 Å². The minimum absolute atomic E-state index is 0.0526. The lowest BCUT2D eigenvalue weighted by atomic mass is 10.1. The highest BCUT2D eigenvalue weighted by Gasteiger charge is 2.40. The largest absolute Gasteiger partial charge is 0.326 e. The van der Waals surface area contributed by atoms with Gasteiger partial charge in [0.2, 0.25) is 11.9 Å². The summed E-state index contributed by atoms with van der Waals surface area (Å²) in [6, 6.07) is 15.0. The summed E-state index contributed by atoms with van der Waals surface area (Å²) in [5.74, 6) is 0.423. The van der Waals surface area contributed by atoms with Gasteiger partial charge in [0.15, 0.2) is 0 Å². The van der Waals surface area contributed by atoms with Gasteiger partial charge in [0.25, 0.3) is 5.91 Å². The van der Waals surface area contributed by atoms with Crippen molar-refractivity contribution in [3.8, 4) is 0 Å².